The van der Waals surface area contributed by atoms with Gasteiger partial charge in [-0.25, -0.2) is 4.79 Å². The number of fused-ring (bicyclic) bond motifs is 1. The molecule has 0 aliphatic carbocycles. The van der Waals surface area contributed by atoms with E-state index in [4.69, 9.17) is 5.26 Å². The summed E-state index contributed by atoms with van der Waals surface area (Å²) in [6, 6.07) is 2.21. The number of nitrogens with one attached hydrogen (secondary N) is 1. The number of hydrogen-bond acceptors (Lipinski definition) is 4. The third kappa shape index (κ3) is 3.15. The molecule has 0 bridgehead atoms. The first-order chi connectivity index (χ1) is 9.11. The molecule has 19 heavy (non-hydrogen) atoms. The Hall–Kier alpha value is -1.81. The molecule has 0 saturated carbocycles. The smallest absolute Gasteiger partial charge is 0.317 e. The molecule has 0 aromatic rings. The van der Waals surface area contributed by atoms with E-state index < -0.39 is 0 Å². The van der Waals surface area contributed by atoms with Gasteiger partial charge in [0.1, 0.15) is 0 Å². The number of urea groups is 1. The number of rotatable bonds is 4. The van der Waals surface area contributed by atoms with Crippen LogP contribution in [0.1, 0.15) is 6.42 Å². The summed E-state index contributed by atoms with van der Waals surface area (Å²) >= 11 is 0. The lowest BCUT2D eigenvalue weighted by atomic mass is 10.2. The number of likely N-dealkylation sites (N-methyl/N-ethyl adjacent to an activating group) is 1. The third-order valence-electron chi connectivity index (χ3n) is 3.66. The first-order valence-corrected chi connectivity index (χ1v) is 6.49. The van der Waals surface area contributed by atoms with Gasteiger partial charge in [0.2, 0.25) is 5.91 Å². The fraction of sp³-hybridized carbons (Fsp3) is 0.750. The maximum Gasteiger partial charge on any atom is 0.317 e. The van der Waals surface area contributed by atoms with Crippen molar-refractivity contribution >= 4 is 11.9 Å². The topological polar surface area (TPSA) is 79.7 Å². The van der Waals surface area contributed by atoms with Gasteiger partial charge >= 0.3 is 6.03 Å². The molecule has 3 amide bonds. The number of piperazine rings is 1. The second kappa shape index (κ2) is 5.89. The molecule has 1 atom stereocenters. The second-order valence-corrected chi connectivity index (χ2v) is 4.99. The number of amides is 3. The number of nitriles is 1. The van der Waals surface area contributed by atoms with E-state index in [1.54, 1.807) is 11.9 Å². The van der Waals surface area contributed by atoms with E-state index in [1.165, 1.54) is 0 Å². The van der Waals surface area contributed by atoms with Crippen molar-refractivity contribution in [3.05, 3.63) is 0 Å². The van der Waals surface area contributed by atoms with Gasteiger partial charge in [-0.15, -0.1) is 0 Å². The van der Waals surface area contributed by atoms with Gasteiger partial charge < -0.3 is 15.1 Å². The quantitative estimate of drug-likeness (QED) is 0.712. The molecule has 2 aliphatic rings. The van der Waals surface area contributed by atoms with E-state index in [1.807, 2.05) is 11.0 Å². The summed E-state index contributed by atoms with van der Waals surface area (Å²) in [6.07, 6.45) is 0.358. The fourth-order valence-corrected chi connectivity index (χ4v) is 2.47. The predicted molar refractivity (Wildman–Crippen MR) is 68.2 cm³/mol. The maximum atomic E-state index is 12.0. The molecular formula is C12H19N5O2. The van der Waals surface area contributed by atoms with Crippen LogP contribution in [0.25, 0.3) is 0 Å². The van der Waals surface area contributed by atoms with Crippen molar-refractivity contribution in [2.24, 2.45) is 0 Å². The minimum Gasteiger partial charge on any atom is -0.344 e. The van der Waals surface area contributed by atoms with Gasteiger partial charge in [-0.05, 0) is 0 Å². The summed E-state index contributed by atoms with van der Waals surface area (Å²) in [5.74, 6) is 0.0287. The Bertz CT molecular complexity index is 405. The highest BCUT2D eigenvalue weighted by Gasteiger charge is 2.35. The average molecular weight is 265 g/mol. The van der Waals surface area contributed by atoms with Crippen LogP contribution in [0.4, 0.5) is 4.79 Å². The highest BCUT2D eigenvalue weighted by Crippen LogP contribution is 2.13. The second-order valence-electron chi connectivity index (χ2n) is 4.99. The van der Waals surface area contributed by atoms with Crippen LogP contribution >= 0.6 is 0 Å². The van der Waals surface area contributed by atoms with Crippen molar-refractivity contribution in [3.8, 4) is 6.07 Å². The van der Waals surface area contributed by atoms with Crippen molar-refractivity contribution in [1.29, 1.82) is 5.26 Å². The zero-order chi connectivity index (χ0) is 13.8. The van der Waals surface area contributed by atoms with Gasteiger partial charge in [-0.1, -0.05) is 0 Å². The summed E-state index contributed by atoms with van der Waals surface area (Å²) in [5.41, 5.74) is 0. The molecule has 1 N–H and O–H groups in total. The minimum atomic E-state index is 0.00196. The lowest BCUT2D eigenvalue weighted by molar-refractivity contribution is -0.131. The molecule has 2 rings (SSSR count). The molecule has 7 nitrogen and oxygen atoms in total. The maximum absolute atomic E-state index is 12.0. The van der Waals surface area contributed by atoms with Crippen LogP contribution in [0.2, 0.25) is 0 Å². The molecule has 2 saturated heterocycles. The van der Waals surface area contributed by atoms with Crippen molar-refractivity contribution in [2.45, 2.75) is 12.5 Å². The molecule has 7 heteroatoms. The van der Waals surface area contributed by atoms with E-state index in [2.05, 4.69) is 10.2 Å². The van der Waals surface area contributed by atoms with Crippen molar-refractivity contribution in [2.75, 3.05) is 46.3 Å². The molecule has 0 spiro atoms. The van der Waals surface area contributed by atoms with Crippen molar-refractivity contribution in [1.82, 2.24) is 20.0 Å². The first-order valence-electron chi connectivity index (χ1n) is 6.49. The van der Waals surface area contributed by atoms with E-state index in [0.29, 0.717) is 32.6 Å². The van der Waals surface area contributed by atoms with E-state index in [0.717, 1.165) is 13.1 Å². The minimum absolute atomic E-state index is 0.00196. The number of hydrogen-bond donors (Lipinski definition) is 1. The molecule has 0 radical (unpaired) electrons. The van der Waals surface area contributed by atoms with Crippen LogP contribution in [-0.2, 0) is 4.79 Å². The largest absolute Gasteiger partial charge is 0.344 e. The highest BCUT2D eigenvalue weighted by atomic mass is 16.2. The molecular weight excluding hydrogens is 246 g/mol. The number of carbonyl (C=O) groups excluding carboxylic acids is 2. The zero-order valence-electron chi connectivity index (χ0n) is 11.1. The van der Waals surface area contributed by atoms with Gasteiger partial charge in [0.05, 0.1) is 25.1 Å². The molecule has 0 aromatic carbocycles. The molecule has 104 valence electrons. The Kier molecular flexibility index (Phi) is 4.22. The Labute approximate surface area is 112 Å². The lowest BCUT2D eigenvalue weighted by Crippen LogP contribution is -2.54. The molecule has 2 aliphatic heterocycles. The molecule has 2 heterocycles. The van der Waals surface area contributed by atoms with Crippen molar-refractivity contribution < 1.29 is 9.59 Å². The Morgan fingerprint density at radius 1 is 1.58 bits per heavy atom. The van der Waals surface area contributed by atoms with Gasteiger partial charge in [-0.3, -0.25) is 9.69 Å². The highest BCUT2D eigenvalue weighted by molar-refractivity contribution is 5.78. The average Bonchev–Trinajstić information content (AvgIpc) is 2.77. The summed E-state index contributed by atoms with van der Waals surface area (Å²) in [7, 11) is 1.72. The molecule has 1 unspecified atom stereocenters. The lowest BCUT2D eigenvalue weighted by Gasteiger charge is -2.36. The zero-order valence-corrected chi connectivity index (χ0v) is 11.1. The van der Waals surface area contributed by atoms with Gasteiger partial charge in [-0.2, -0.15) is 5.26 Å². The summed E-state index contributed by atoms with van der Waals surface area (Å²) in [6.45, 7) is 3.62. The van der Waals surface area contributed by atoms with Crippen LogP contribution in [0.3, 0.4) is 0 Å². The standard InChI is InChI=1S/C12H19N5O2/c1-15(4-2-3-13)11(18)9-16-5-6-17-10(8-16)7-14-12(17)19/h10H,2,4-9H2,1H3,(H,14,19). The Balaban J connectivity index is 1.80. The summed E-state index contributed by atoms with van der Waals surface area (Å²) in [5, 5.41) is 11.3. The van der Waals surface area contributed by atoms with Crippen LogP contribution in [-0.4, -0.2) is 79.0 Å². The Morgan fingerprint density at radius 2 is 2.37 bits per heavy atom. The molecule has 2 fully saturated rings. The van der Waals surface area contributed by atoms with Crippen molar-refractivity contribution in [3.63, 3.8) is 0 Å². The van der Waals surface area contributed by atoms with Crippen LogP contribution in [0.5, 0.6) is 0 Å². The SMILES string of the molecule is CN(CCC#N)C(=O)CN1CCN2C(=O)NCC2C1. The predicted octanol–water partition coefficient (Wildman–Crippen LogP) is -0.932. The normalized spacial score (nSPS) is 22.6. The summed E-state index contributed by atoms with van der Waals surface area (Å²) in [4.78, 5) is 28.9. The Morgan fingerprint density at radius 3 is 3.11 bits per heavy atom. The number of nitrogens with zero attached hydrogens (tertiary/aromatic N) is 4. The van der Waals surface area contributed by atoms with E-state index >= 15 is 0 Å². The van der Waals surface area contributed by atoms with Gasteiger partial charge in [0, 0.05) is 39.8 Å². The summed E-state index contributed by atoms with van der Waals surface area (Å²) < 4.78 is 0. The van der Waals surface area contributed by atoms with Gasteiger partial charge in [0.25, 0.3) is 0 Å². The monoisotopic (exact) mass is 265 g/mol. The van der Waals surface area contributed by atoms with E-state index in [-0.39, 0.29) is 18.0 Å². The van der Waals surface area contributed by atoms with Gasteiger partial charge in [0.15, 0.2) is 0 Å². The van der Waals surface area contributed by atoms with E-state index in [9.17, 15) is 9.59 Å². The molecule has 0 aromatic heterocycles. The first kappa shape index (κ1) is 13.6. The number of carbonyl (C=O) groups is 2. The van der Waals surface area contributed by atoms with Crippen LogP contribution in [0.15, 0.2) is 0 Å². The van der Waals surface area contributed by atoms with Crippen LogP contribution < -0.4 is 5.32 Å². The third-order valence-corrected chi connectivity index (χ3v) is 3.66. The van der Waals surface area contributed by atoms with Crippen LogP contribution in [0, 0.1) is 11.3 Å². The fourth-order valence-electron chi connectivity index (χ4n) is 2.47.